The Labute approximate surface area is 85.7 Å². The van der Waals surface area contributed by atoms with E-state index in [1.54, 1.807) is 19.3 Å². The molecule has 3 nitrogen and oxygen atoms in total. The van der Waals surface area contributed by atoms with Crippen LogP contribution in [-0.4, -0.2) is 15.7 Å². The summed E-state index contributed by atoms with van der Waals surface area (Å²) in [5, 5.41) is 2.76. The lowest BCUT2D eigenvalue weighted by Gasteiger charge is -2.08. The minimum atomic E-state index is -0.188. The van der Waals surface area contributed by atoms with Gasteiger partial charge in [0, 0.05) is 6.20 Å². The number of aromatic nitrogens is 1. The first-order valence-corrected chi connectivity index (χ1v) is 4.88. The Hall–Kier alpha value is -0.900. The highest BCUT2D eigenvalue weighted by Gasteiger charge is 2.09. The summed E-state index contributed by atoms with van der Waals surface area (Å²) >= 11 is 3.19. The Morgan fingerprint density at radius 1 is 1.69 bits per heavy atom. The maximum Gasteiger partial charge on any atom is 0.237 e. The topological polar surface area (TPSA) is 42.0 Å². The predicted octanol–water partition coefficient (Wildman–Crippen LogP) is 2.11. The van der Waals surface area contributed by atoms with E-state index in [0.717, 1.165) is 11.3 Å². The Balaban J connectivity index is 2.75. The van der Waals surface area contributed by atoms with E-state index in [4.69, 9.17) is 0 Å². The molecule has 70 valence electrons. The van der Waals surface area contributed by atoms with E-state index in [1.165, 1.54) is 0 Å². The van der Waals surface area contributed by atoms with Gasteiger partial charge in [-0.05, 0) is 25.5 Å². The maximum absolute atomic E-state index is 11.3. The van der Waals surface area contributed by atoms with Gasteiger partial charge in [-0.25, -0.2) is 0 Å². The van der Waals surface area contributed by atoms with Crippen LogP contribution in [0.25, 0.3) is 0 Å². The molecule has 1 N–H and O–H groups in total. The van der Waals surface area contributed by atoms with Crippen LogP contribution in [0.15, 0.2) is 18.5 Å². The number of hydrogen-bond donors (Lipinski definition) is 1. The molecule has 0 saturated heterocycles. The van der Waals surface area contributed by atoms with Gasteiger partial charge in [-0.3, -0.25) is 9.78 Å². The van der Waals surface area contributed by atoms with Crippen molar-refractivity contribution in [3.63, 3.8) is 0 Å². The summed E-state index contributed by atoms with van der Waals surface area (Å²) in [5.74, 6) is -0.0592. The molecule has 0 aromatic carbocycles. The van der Waals surface area contributed by atoms with Gasteiger partial charge in [-0.15, -0.1) is 0 Å². The molecule has 1 unspecified atom stereocenters. The molecule has 0 aliphatic rings. The molecule has 1 aromatic rings. The summed E-state index contributed by atoms with van der Waals surface area (Å²) in [6.07, 6.45) is 3.34. The quantitative estimate of drug-likeness (QED) is 0.808. The van der Waals surface area contributed by atoms with Crippen LogP contribution in [0.3, 0.4) is 0 Å². The van der Waals surface area contributed by atoms with E-state index < -0.39 is 0 Å². The smallest absolute Gasteiger partial charge is 0.237 e. The fourth-order valence-electron chi connectivity index (χ4n) is 0.827. The summed E-state index contributed by atoms with van der Waals surface area (Å²) in [5.41, 5.74) is 1.77. The number of nitrogens with one attached hydrogen (secondary N) is 1. The third-order valence-corrected chi connectivity index (χ3v) is 2.07. The van der Waals surface area contributed by atoms with E-state index in [0.29, 0.717) is 0 Å². The first kappa shape index (κ1) is 10.2. The average Bonchev–Trinajstić information content (AvgIpc) is 2.08. The molecule has 1 amide bonds. The lowest BCUT2D eigenvalue weighted by atomic mass is 10.2. The minimum Gasteiger partial charge on any atom is -0.324 e. The number of nitrogens with zero attached hydrogens (tertiary/aromatic N) is 1. The Morgan fingerprint density at radius 2 is 2.38 bits per heavy atom. The zero-order valence-electron chi connectivity index (χ0n) is 7.54. The molecule has 1 aromatic heterocycles. The second-order valence-electron chi connectivity index (χ2n) is 2.80. The van der Waals surface area contributed by atoms with Gasteiger partial charge in [0.05, 0.1) is 16.7 Å². The molecule has 13 heavy (non-hydrogen) atoms. The number of hydrogen-bond acceptors (Lipinski definition) is 2. The second-order valence-corrected chi connectivity index (χ2v) is 4.17. The van der Waals surface area contributed by atoms with Crippen molar-refractivity contribution in [3.8, 4) is 0 Å². The lowest BCUT2D eigenvalue weighted by molar-refractivity contribution is -0.115. The summed E-state index contributed by atoms with van der Waals surface area (Å²) in [7, 11) is 0. The van der Waals surface area contributed by atoms with Gasteiger partial charge in [0.2, 0.25) is 5.91 Å². The van der Waals surface area contributed by atoms with Crippen molar-refractivity contribution in [2.45, 2.75) is 18.7 Å². The van der Waals surface area contributed by atoms with Crippen molar-refractivity contribution in [1.29, 1.82) is 0 Å². The van der Waals surface area contributed by atoms with Gasteiger partial charge in [0.1, 0.15) is 0 Å². The number of carbonyl (C=O) groups is 1. The van der Waals surface area contributed by atoms with Crippen molar-refractivity contribution >= 4 is 27.5 Å². The van der Waals surface area contributed by atoms with Crippen LogP contribution in [0.2, 0.25) is 0 Å². The second kappa shape index (κ2) is 4.37. The molecule has 0 radical (unpaired) electrons. The van der Waals surface area contributed by atoms with Gasteiger partial charge >= 0.3 is 0 Å². The van der Waals surface area contributed by atoms with E-state index in [-0.39, 0.29) is 10.7 Å². The zero-order valence-corrected chi connectivity index (χ0v) is 9.13. The number of aryl methyl sites for hydroxylation is 1. The molecule has 4 heteroatoms. The highest BCUT2D eigenvalue weighted by atomic mass is 79.9. The Morgan fingerprint density at radius 3 is 2.92 bits per heavy atom. The average molecular weight is 243 g/mol. The van der Waals surface area contributed by atoms with Crippen LogP contribution in [0.4, 0.5) is 5.69 Å². The largest absolute Gasteiger partial charge is 0.324 e. The van der Waals surface area contributed by atoms with Gasteiger partial charge < -0.3 is 5.32 Å². The Bertz CT molecular complexity index is 312. The first-order valence-electron chi connectivity index (χ1n) is 3.97. The molecular formula is C9H11BrN2O. The minimum absolute atomic E-state index is 0.0592. The van der Waals surface area contributed by atoms with E-state index in [2.05, 4.69) is 26.2 Å². The number of halogens is 1. The van der Waals surface area contributed by atoms with Crippen LogP contribution < -0.4 is 5.32 Å². The first-order chi connectivity index (χ1) is 6.11. The SMILES string of the molecule is Cc1ccncc1NC(=O)C(C)Br. The van der Waals surface area contributed by atoms with Gasteiger partial charge in [-0.1, -0.05) is 15.9 Å². The third kappa shape index (κ3) is 2.81. The number of rotatable bonds is 2. The highest BCUT2D eigenvalue weighted by molar-refractivity contribution is 9.10. The predicted molar refractivity (Wildman–Crippen MR) is 56.0 cm³/mol. The molecular weight excluding hydrogens is 232 g/mol. The molecule has 1 rings (SSSR count). The van der Waals surface area contributed by atoms with Crippen molar-refractivity contribution in [2.24, 2.45) is 0 Å². The molecule has 0 aliphatic carbocycles. The lowest BCUT2D eigenvalue weighted by Crippen LogP contribution is -2.20. The van der Waals surface area contributed by atoms with Crippen LogP contribution in [0, 0.1) is 6.92 Å². The van der Waals surface area contributed by atoms with Gasteiger partial charge in [-0.2, -0.15) is 0 Å². The summed E-state index contributed by atoms with van der Waals surface area (Å²) in [4.78, 5) is 15.0. The number of carbonyl (C=O) groups excluding carboxylic acids is 1. The van der Waals surface area contributed by atoms with Gasteiger partial charge in [0.15, 0.2) is 0 Å². The normalized spacial score (nSPS) is 12.2. The van der Waals surface area contributed by atoms with Crippen molar-refractivity contribution in [1.82, 2.24) is 4.98 Å². The molecule has 0 saturated carbocycles. The van der Waals surface area contributed by atoms with Crippen molar-refractivity contribution in [3.05, 3.63) is 24.0 Å². The summed E-state index contributed by atoms with van der Waals surface area (Å²) < 4.78 is 0. The van der Waals surface area contributed by atoms with Crippen LogP contribution in [0.5, 0.6) is 0 Å². The number of pyridine rings is 1. The van der Waals surface area contributed by atoms with Crippen LogP contribution >= 0.6 is 15.9 Å². The molecule has 0 bridgehead atoms. The molecule has 0 fully saturated rings. The van der Waals surface area contributed by atoms with Crippen molar-refractivity contribution in [2.75, 3.05) is 5.32 Å². The van der Waals surface area contributed by atoms with Crippen molar-refractivity contribution < 1.29 is 4.79 Å². The third-order valence-electron chi connectivity index (χ3n) is 1.66. The standard InChI is InChI=1S/C9H11BrN2O/c1-6-3-4-11-5-8(6)12-9(13)7(2)10/h3-5,7H,1-2H3,(H,12,13). The van der Waals surface area contributed by atoms with E-state index >= 15 is 0 Å². The fourth-order valence-corrected chi connectivity index (χ4v) is 0.941. The molecule has 0 aliphatic heterocycles. The summed E-state index contributed by atoms with van der Waals surface area (Å²) in [6, 6.07) is 1.86. The van der Waals surface area contributed by atoms with Crippen LogP contribution in [-0.2, 0) is 4.79 Å². The van der Waals surface area contributed by atoms with E-state index in [1.807, 2.05) is 13.0 Å². The number of alkyl halides is 1. The monoisotopic (exact) mass is 242 g/mol. The summed E-state index contributed by atoms with van der Waals surface area (Å²) in [6.45, 7) is 3.71. The Kier molecular flexibility index (Phi) is 3.42. The highest BCUT2D eigenvalue weighted by Crippen LogP contribution is 2.12. The number of amides is 1. The number of anilines is 1. The van der Waals surface area contributed by atoms with Gasteiger partial charge in [0.25, 0.3) is 0 Å². The molecule has 1 atom stereocenters. The van der Waals surface area contributed by atoms with Crippen LogP contribution in [0.1, 0.15) is 12.5 Å². The fraction of sp³-hybridized carbons (Fsp3) is 0.333. The molecule has 1 heterocycles. The maximum atomic E-state index is 11.3. The zero-order chi connectivity index (χ0) is 9.84. The molecule has 0 spiro atoms. The van der Waals surface area contributed by atoms with E-state index in [9.17, 15) is 4.79 Å².